The average Bonchev–Trinajstić information content (AvgIpc) is 2.59. The number of carbonyl (C=O) groups is 1. The highest BCUT2D eigenvalue weighted by Gasteiger charge is 2.11. The van der Waals surface area contributed by atoms with Gasteiger partial charge in [-0.3, -0.25) is 14.8 Å². The van der Waals surface area contributed by atoms with Crippen LogP contribution in [0.15, 0.2) is 36.7 Å². The van der Waals surface area contributed by atoms with Gasteiger partial charge in [-0.1, -0.05) is 19.9 Å². The lowest BCUT2D eigenvalue weighted by molar-refractivity contribution is 0.100. The lowest BCUT2D eigenvalue weighted by atomic mass is 10.1. The van der Waals surface area contributed by atoms with Crippen LogP contribution in [0.2, 0.25) is 0 Å². The Kier molecular flexibility index (Phi) is 6.23. The average molecular weight is 312 g/mol. The highest BCUT2D eigenvalue weighted by Crippen LogP contribution is 2.19. The van der Waals surface area contributed by atoms with E-state index in [1.807, 2.05) is 18.3 Å². The molecule has 0 unspecified atom stereocenters. The van der Waals surface area contributed by atoms with Gasteiger partial charge >= 0.3 is 0 Å². The molecular weight excluding hydrogens is 288 g/mol. The maximum atomic E-state index is 11.5. The molecule has 2 aromatic heterocycles. The molecule has 0 saturated heterocycles. The minimum absolute atomic E-state index is 0.397. The van der Waals surface area contributed by atoms with E-state index in [0.717, 1.165) is 32.5 Å². The lowest BCUT2D eigenvalue weighted by Crippen LogP contribution is -2.24. The van der Waals surface area contributed by atoms with Crippen molar-refractivity contribution in [1.29, 1.82) is 0 Å². The van der Waals surface area contributed by atoms with Crippen LogP contribution < -0.4 is 5.73 Å². The Morgan fingerprint density at radius 2 is 1.96 bits per heavy atom. The molecule has 0 saturated carbocycles. The zero-order chi connectivity index (χ0) is 16.7. The third kappa shape index (κ3) is 4.60. The van der Waals surface area contributed by atoms with E-state index in [2.05, 4.69) is 28.7 Å². The monoisotopic (exact) mass is 312 g/mol. The number of hydrogen-bond donors (Lipinski definition) is 1. The van der Waals surface area contributed by atoms with Crippen LogP contribution in [0.5, 0.6) is 0 Å². The van der Waals surface area contributed by atoms with Crippen LogP contribution in [0.4, 0.5) is 0 Å². The summed E-state index contributed by atoms with van der Waals surface area (Å²) in [6, 6.07) is 7.32. The summed E-state index contributed by atoms with van der Waals surface area (Å²) in [5.74, 6) is -0.488. The zero-order valence-electron chi connectivity index (χ0n) is 13.8. The first-order chi connectivity index (χ1) is 11.2. The van der Waals surface area contributed by atoms with E-state index in [9.17, 15) is 4.79 Å². The van der Waals surface area contributed by atoms with Gasteiger partial charge in [0.25, 0.3) is 5.91 Å². The Labute approximate surface area is 137 Å². The summed E-state index contributed by atoms with van der Waals surface area (Å²) in [6.07, 6.45) is 5.60. The molecular formula is C18H24N4O. The van der Waals surface area contributed by atoms with Gasteiger partial charge in [-0.25, -0.2) is 0 Å². The number of rotatable bonds is 8. The van der Waals surface area contributed by atoms with E-state index in [0.29, 0.717) is 17.0 Å². The van der Waals surface area contributed by atoms with Crippen molar-refractivity contribution >= 4 is 5.91 Å². The first-order valence-corrected chi connectivity index (χ1v) is 8.08. The van der Waals surface area contributed by atoms with Crippen molar-refractivity contribution in [2.24, 2.45) is 5.73 Å². The molecule has 5 heteroatoms. The second kappa shape index (κ2) is 8.39. The van der Waals surface area contributed by atoms with E-state index in [4.69, 9.17) is 5.73 Å². The van der Waals surface area contributed by atoms with Gasteiger partial charge in [0.2, 0.25) is 0 Å². The van der Waals surface area contributed by atoms with Crippen LogP contribution in [0.25, 0.3) is 11.4 Å². The molecule has 0 aliphatic carbocycles. The number of aryl methyl sites for hydroxylation is 1. The Balaban J connectivity index is 2.04. The van der Waals surface area contributed by atoms with Crippen LogP contribution in [0.3, 0.4) is 0 Å². The van der Waals surface area contributed by atoms with Crippen LogP contribution in [-0.4, -0.2) is 40.4 Å². The number of nitrogens with zero attached hydrogens (tertiary/aromatic N) is 3. The van der Waals surface area contributed by atoms with Crippen LogP contribution in [-0.2, 0) is 6.42 Å². The topological polar surface area (TPSA) is 72.1 Å². The Bertz CT molecular complexity index is 636. The smallest absolute Gasteiger partial charge is 0.250 e. The summed E-state index contributed by atoms with van der Waals surface area (Å²) in [5, 5.41) is 0. The molecule has 2 N–H and O–H groups in total. The summed E-state index contributed by atoms with van der Waals surface area (Å²) < 4.78 is 0. The molecule has 2 heterocycles. The standard InChI is InChI=1S/C18H24N4O/c1-3-22(4-2)12-6-7-14-9-10-16(21-13-14)17-15(18(19)23)8-5-11-20-17/h5,8-11,13H,3-4,6-7,12H2,1-2H3,(H2,19,23). The molecule has 0 aromatic carbocycles. The summed E-state index contributed by atoms with van der Waals surface area (Å²) in [4.78, 5) is 22.6. The number of pyridine rings is 2. The van der Waals surface area contributed by atoms with E-state index < -0.39 is 5.91 Å². The van der Waals surface area contributed by atoms with E-state index in [1.165, 1.54) is 5.56 Å². The predicted octanol–water partition coefficient (Wildman–Crippen LogP) is 2.52. The SMILES string of the molecule is CCN(CC)CCCc1ccc(-c2ncccc2C(N)=O)nc1. The second-order valence-electron chi connectivity index (χ2n) is 5.45. The fourth-order valence-corrected chi connectivity index (χ4v) is 2.57. The molecule has 23 heavy (non-hydrogen) atoms. The molecule has 0 atom stereocenters. The van der Waals surface area contributed by atoms with Gasteiger partial charge in [0.15, 0.2) is 0 Å². The number of aromatic nitrogens is 2. The molecule has 2 aromatic rings. The first kappa shape index (κ1) is 17.1. The van der Waals surface area contributed by atoms with Gasteiger partial charge in [-0.15, -0.1) is 0 Å². The quantitative estimate of drug-likeness (QED) is 0.813. The van der Waals surface area contributed by atoms with Crippen molar-refractivity contribution in [3.63, 3.8) is 0 Å². The third-order valence-corrected chi connectivity index (χ3v) is 3.97. The maximum absolute atomic E-state index is 11.5. The van der Waals surface area contributed by atoms with Crippen molar-refractivity contribution in [3.05, 3.63) is 47.8 Å². The summed E-state index contributed by atoms with van der Waals surface area (Å²) in [6.45, 7) is 7.64. The molecule has 0 radical (unpaired) electrons. The zero-order valence-corrected chi connectivity index (χ0v) is 13.8. The maximum Gasteiger partial charge on any atom is 0.250 e. The molecule has 0 aliphatic heterocycles. The van der Waals surface area contributed by atoms with Crippen LogP contribution in [0, 0.1) is 0 Å². The third-order valence-electron chi connectivity index (χ3n) is 3.97. The van der Waals surface area contributed by atoms with Gasteiger partial charge < -0.3 is 10.6 Å². The summed E-state index contributed by atoms with van der Waals surface area (Å²) in [7, 11) is 0. The number of carbonyl (C=O) groups excluding carboxylic acids is 1. The summed E-state index contributed by atoms with van der Waals surface area (Å²) >= 11 is 0. The molecule has 122 valence electrons. The molecule has 0 spiro atoms. The number of hydrogen-bond acceptors (Lipinski definition) is 4. The highest BCUT2D eigenvalue weighted by atomic mass is 16.1. The van der Waals surface area contributed by atoms with Crippen molar-refractivity contribution in [2.75, 3.05) is 19.6 Å². The van der Waals surface area contributed by atoms with Crippen molar-refractivity contribution in [3.8, 4) is 11.4 Å². The molecule has 2 rings (SSSR count). The first-order valence-electron chi connectivity index (χ1n) is 8.08. The van der Waals surface area contributed by atoms with Crippen molar-refractivity contribution in [1.82, 2.24) is 14.9 Å². The lowest BCUT2D eigenvalue weighted by Gasteiger charge is -2.17. The largest absolute Gasteiger partial charge is 0.366 e. The van der Waals surface area contributed by atoms with Crippen LogP contribution >= 0.6 is 0 Å². The minimum atomic E-state index is -0.488. The van der Waals surface area contributed by atoms with Gasteiger partial charge in [0, 0.05) is 12.4 Å². The van der Waals surface area contributed by atoms with Crippen molar-refractivity contribution in [2.45, 2.75) is 26.7 Å². The van der Waals surface area contributed by atoms with Crippen LogP contribution in [0.1, 0.15) is 36.2 Å². The Hall–Kier alpha value is -2.27. The number of nitrogens with two attached hydrogens (primary N) is 1. The second-order valence-corrected chi connectivity index (χ2v) is 5.45. The van der Waals surface area contributed by atoms with Gasteiger partial charge in [0.05, 0.1) is 11.3 Å². The molecule has 0 bridgehead atoms. The Morgan fingerprint density at radius 3 is 2.57 bits per heavy atom. The van der Waals surface area contributed by atoms with Gasteiger partial charge in [-0.05, 0) is 56.2 Å². The predicted molar refractivity (Wildman–Crippen MR) is 92.1 cm³/mol. The molecule has 0 fully saturated rings. The van der Waals surface area contributed by atoms with Gasteiger partial charge in [0.1, 0.15) is 5.69 Å². The summed E-state index contributed by atoms with van der Waals surface area (Å²) in [5.41, 5.74) is 8.19. The molecule has 1 amide bonds. The van der Waals surface area contributed by atoms with E-state index in [1.54, 1.807) is 18.3 Å². The molecule has 0 aliphatic rings. The normalized spacial score (nSPS) is 10.9. The van der Waals surface area contributed by atoms with Gasteiger partial charge in [-0.2, -0.15) is 0 Å². The number of primary amides is 1. The fraction of sp³-hybridized carbons (Fsp3) is 0.389. The number of amides is 1. The van der Waals surface area contributed by atoms with E-state index in [-0.39, 0.29) is 0 Å². The fourth-order valence-electron chi connectivity index (χ4n) is 2.57. The highest BCUT2D eigenvalue weighted by molar-refractivity contribution is 5.98. The molecule has 5 nitrogen and oxygen atoms in total. The van der Waals surface area contributed by atoms with Crippen molar-refractivity contribution < 1.29 is 4.79 Å². The van der Waals surface area contributed by atoms with E-state index >= 15 is 0 Å². The minimum Gasteiger partial charge on any atom is -0.366 e. The Morgan fingerprint density at radius 1 is 1.17 bits per heavy atom.